The first-order valence-corrected chi connectivity index (χ1v) is 10.6. The number of hydrogen-bond acceptors (Lipinski definition) is 7. The summed E-state index contributed by atoms with van der Waals surface area (Å²) in [6.45, 7) is 2.16. The Labute approximate surface area is 161 Å². The summed E-state index contributed by atoms with van der Waals surface area (Å²) in [7, 11) is 0. The van der Waals surface area contributed by atoms with Gasteiger partial charge in [-0.3, -0.25) is 5.10 Å². The number of aliphatic hydroxyl groups excluding tert-OH is 1. The number of hydrogen-bond donors (Lipinski definition) is 3. The Morgan fingerprint density at radius 1 is 1.22 bits per heavy atom. The molecular formula is C19H24N6OS. The van der Waals surface area contributed by atoms with Crippen molar-refractivity contribution >= 4 is 39.1 Å². The van der Waals surface area contributed by atoms with Gasteiger partial charge < -0.3 is 15.3 Å². The minimum Gasteiger partial charge on any atom is -0.396 e. The van der Waals surface area contributed by atoms with Gasteiger partial charge in [-0.25, -0.2) is 4.98 Å². The Kier molecular flexibility index (Phi) is 4.45. The zero-order valence-corrected chi connectivity index (χ0v) is 16.0. The standard InChI is InChI=1S/C19H24N6OS/c26-9-5-12-3-7-25(8-4-12)19-20-14-6-10-27-17(14)18(22-19)21-16-11-15(23-24-16)13-1-2-13/h6,10-13,26H,1-5,7-9H2,(H2,20,21,22,23,24). The van der Waals surface area contributed by atoms with Crippen molar-refractivity contribution in [1.82, 2.24) is 20.2 Å². The number of nitrogens with zero attached hydrogens (tertiary/aromatic N) is 4. The lowest BCUT2D eigenvalue weighted by atomic mass is 9.94. The molecule has 1 aliphatic carbocycles. The van der Waals surface area contributed by atoms with Crippen LogP contribution in [-0.4, -0.2) is 45.0 Å². The molecule has 1 aliphatic heterocycles. The van der Waals surface area contributed by atoms with E-state index in [4.69, 9.17) is 15.1 Å². The summed E-state index contributed by atoms with van der Waals surface area (Å²) in [5.41, 5.74) is 2.18. The van der Waals surface area contributed by atoms with Gasteiger partial charge in [0.25, 0.3) is 0 Å². The third-order valence-electron chi connectivity index (χ3n) is 5.59. The highest BCUT2D eigenvalue weighted by atomic mass is 32.1. The van der Waals surface area contributed by atoms with Crippen LogP contribution in [0, 0.1) is 5.92 Å². The van der Waals surface area contributed by atoms with Crippen LogP contribution in [0.5, 0.6) is 0 Å². The average molecular weight is 385 g/mol. The molecule has 0 amide bonds. The van der Waals surface area contributed by atoms with Gasteiger partial charge in [-0.15, -0.1) is 11.3 Å². The minimum atomic E-state index is 0.280. The Balaban J connectivity index is 1.39. The fraction of sp³-hybridized carbons (Fsp3) is 0.526. The Hall–Kier alpha value is -2.19. The molecule has 8 heteroatoms. The number of H-pyrrole nitrogens is 1. The van der Waals surface area contributed by atoms with Gasteiger partial charge >= 0.3 is 0 Å². The Bertz CT molecular complexity index is 925. The quantitative estimate of drug-likeness (QED) is 0.601. The molecule has 27 heavy (non-hydrogen) atoms. The predicted molar refractivity (Wildman–Crippen MR) is 108 cm³/mol. The zero-order valence-electron chi connectivity index (χ0n) is 15.2. The van der Waals surface area contributed by atoms with Gasteiger partial charge in [0.05, 0.1) is 10.2 Å². The van der Waals surface area contributed by atoms with Gasteiger partial charge in [-0.05, 0) is 49.5 Å². The van der Waals surface area contributed by atoms with Crippen molar-refractivity contribution in [2.75, 3.05) is 29.9 Å². The molecule has 0 bridgehead atoms. The van der Waals surface area contributed by atoms with Crippen LogP contribution >= 0.6 is 11.3 Å². The van der Waals surface area contributed by atoms with Gasteiger partial charge in [0.2, 0.25) is 5.95 Å². The summed E-state index contributed by atoms with van der Waals surface area (Å²) in [6.07, 6.45) is 5.56. The first-order valence-electron chi connectivity index (χ1n) is 9.73. The summed E-state index contributed by atoms with van der Waals surface area (Å²) in [6, 6.07) is 4.15. The molecule has 1 saturated heterocycles. The predicted octanol–water partition coefficient (Wildman–Crippen LogP) is 3.63. The van der Waals surface area contributed by atoms with E-state index in [2.05, 4.69) is 37.9 Å². The van der Waals surface area contributed by atoms with Crippen molar-refractivity contribution in [3.8, 4) is 0 Å². The molecular weight excluding hydrogens is 360 g/mol. The van der Waals surface area contributed by atoms with E-state index in [-0.39, 0.29) is 6.61 Å². The molecule has 3 aromatic rings. The lowest BCUT2D eigenvalue weighted by molar-refractivity contribution is 0.240. The summed E-state index contributed by atoms with van der Waals surface area (Å²) < 4.78 is 1.06. The van der Waals surface area contributed by atoms with E-state index in [1.807, 2.05) is 0 Å². The van der Waals surface area contributed by atoms with E-state index >= 15 is 0 Å². The maximum absolute atomic E-state index is 9.16. The normalized spacial score (nSPS) is 18.3. The molecule has 0 radical (unpaired) electrons. The highest BCUT2D eigenvalue weighted by molar-refractivity contribution is 7.17. The second-order valence-corrected chi connectivity index (χ2v) is 8.47. The Morgan fingerprint density at radius 3 is 2.85 bits per heavy atom. The van der Waals surface area contributed by atoms with Crippen LogP contribution in [0.3, 0.4) is 0 Å². The summed E-state index contributed by atoms with van der Waals surface area (Å²) in [5, 5.41) is 22.2. The van der Waals surface area contributed by atoms with Crippen LogP contribution in [0.1, 0.15) is 43.7 Å². The minimum absolute atomic E-state index is 0.280. The zero-order chi connectivity index (χ0) is 18.2. The van der Waals surface area contributed by atoms with Crippen LogP contribution < -0.4 is 10.2 Å². The smallest absolute Gasteiger partial charge is 0.227 e. The van der Waals surface area contributed by atoms with Crippen molar-refractivity contribution < 1.29 is 5.11 Å². The topological polar surface area (TPSA) is 90.0 Å². The number of piperidine rings is 1. The average Bonchev–Trinajstić information content (AvgIpc) is 3.23. The molecule has 0 spiro atoms. The highest BCUT2D eigenvalue weighted by Gasteiger charge is 2.26. The fourth-order valence-electron chi connectivity index (χ4n) is 3.81. The van der Waals surface area contributed by atoms with E-state index in [9.17, 15) is 0 Å². The van der Waals surface area contributed by atoms with Crippen LogP contribution in [0.2, 0.25) is 0 Å². The Morgan fingerprint density at radius 2 is 2.07 bits per heavy atom. The van der Waals surface area contributed by atoms with E-state index in [1.54, 1.807) is 11.3 Å². The molecule has 7 nitrogen and oxygen atoms in total. The highest BCUT2D eigenvalue weighted by Crippen LogP contribution is 2.40. The van der Waals surface area contributed by atoms with Crippen molar-refractivity contribution in [3.05, 3.63) is 23.2 Å². The molecule has 3 aromatic heterocycles. The number of fused-ring (bicyclic) bond motifs is 1. The number of anilines is 3. The largest absolute Gasteiger partial charge is 0.396 e. The third-order valence-corrected chi connectivity index (χ3v) is 6.50. The maximum Gasteiger partial charge on any atom is 0.227 e. The molecule has 2 aliphatic rings. The molecule has 2 fully saturated rings. The first-order chi connectivity index (χ1) is 13.3. The van der Waals surface area contributed by atoms with Crippen molar-refractivity contribution in [1.29, 1.82) is 0 Å². The summed E-state index contributed by atoms with van der Waals surface area (Å²) >= 11 is 1.65. The van der Waals surface area contributed by atoms with Crippen molar-refractivity contribution in [3.63, 3.8) is 0 Å². The van der Waals surface area contributed by atoms with Crippen molar-refractivity contribution in [2.24, 2.45) is 5.92 Å². The second kappa shape index (κ2) is 7.09. The van der Waals surface area contributed by atoms with Gasteiger partial charge in [0.15, 0.2) is 11.6 Å². The maximum atomic E-state index is 9.16. The number of aliphatic hydroxyl groups is 1. The van der Waals surface area contributed by atoms with Crippen LogP contribution in [0.25, 0.3) is 10.2 Å². The van der Waals surface area contributed by atoms with Crippen LogP contribution in [0.4, 0.5) is 17.6 Å². The van der Waals surface area contributed by atoms with Gasteiger partial charge in [0, 0.05) is 37.4 Å². The van der Waals surface area contributed by atoms with E-state index in [1.165, 1.54) is 18.5 Å². The molecule has 1 saturated carbocycles. The van der Waals surface area contributed by atoms with Gasteiger partial charge in [-0.2, -0.15) is 10.1 Å². The molecule has 5 rings (SSSR count). The van der Waals surface area contributed by atoms with Gasteiger partial charge in [-0.1, -0.05) is 0 Å². The fourth-order valence-corrected chi connectivity index (χ4v) is 4.58. The summed E-state index contributed by atoms with van der Waals surface area (Å²) in [4.78, 5) is 11.9. The van der Waals surface area contributed by atoms with E-state index in [0.29, 0.717) is 11.8 Å². The number of aromatic amines is 1. The molecule has 0 aromatic carbocycles. The molecule has 0 atom stereocenters. The monoisotopic (exact) mass is 384 g/mol. The van der Waals surface area contributed by atoms with E-state index < -0.39 is 0 Å². The molecule has 0 unspecified atom stereocenters. The first kappa shape index (κ1) is 16.9. The molecule has 4 heterocycles. The molecule has 3 N–H and O–H groups in total. The van der Waals surface area contributed by atoms with Crippen LogP contribution in [0.15, 0.2) is 17.5 Å². The third kappa shape index (κ3) is 3.51. The number of thiophene rings is 1. The SMILES string of the molecule is OCCC1CCN(c2nc(Nc3cc(C4CC4)[nH]n3)c3sccc3n2)CC1. The number of rotatable bonds is 6. The van der Waals surface area contributed by atoms with Crippen LogP contribution in [-0.2, 0) is 0 Å². The number of nitrogens with one attached hydrogen (secondary N) is 2. The van der Waals surface area contributed by atoms with Gasteiger partial charge in [0.1, 0.15) is 0 Å². The molecule has 142 valence electrons. The lowest BCUT2D eigenvalue weighted by Crippen LogP contribution is -2.35. The number of aromatic nitrogens is 4. The summed E-state index contributed by atoms with van der Waals surface area (Å²) in [5.74, 6) is 3.69. The second-order valence-electron chi connectivity index (χ2n) is 7.56. The van der Waals surface area contributed by atoms with E-state index in [0.717, 1.165) is 60.2 Å². The van der Waals surface area contributed by atoms with Crippen molar-refractivity contribution in [2.45, 2.75) is 38.0 Å². The lowest BCUT2D eigenvalue weighted by Gasteiger charge is -2.31.